The van der Waals surface area contributed by atoms with Crippen LogP contribution in [-0.4, -0.2) is 41.8 Å². The molecule has 160 valence electrons. The van der Waals surface area contributed by atoms with E-state index in [0.717, 1.165) is 30.6 Å². The molecule has 7 nitrogen and oxygen atoms in total. The van der Waals surface area contributed by atoms with Crippen LogP contribution in [0.4, 0.5) is 0 Å². The van der Waals surface area contributed by atoms with Gasteiger partial charge in [0.15, 0.2) is 0 Å². The molecule has 3 aliphatic rings. The monoisotopic (exact) mass is 418 g/mol. The molecule has 3 heterocycles. The van der Waals surface area contributed by atoms with Crippen LogP contribution in [0, 0.1) is 0 Å². The number of carbonyl (C=O) groups is 3. The first-order valence-corrected chi connectivity index (χ1v) is 10.8. The van der Waals surface area contributed by atoms with Gasteiger partial charge in [-0.15, -0.1) is 0 Å². The zero-order chi connectivity index (χ0) is 21.4. The van der Waals surface area contributed by atoms with Crippen LogP contribution in [0.25, 0.3) is 0 Å². The molecular weight excluding hydrogens is 392 g/mol. The number of nitrogens with one attached hydrogen (secondary N) is 3. The summed E-state index contributed by atoms with van der Waals surface area (Å²) in [5.41, 5.74) is 3.81. The standard InChI is InChI=1S/C24H26N4O3/c29-21-10-9-20(22(30)27-21)28-14-19-16(5-4-8-18(19)23(28)31)13-26-24(11-12-25-15-24)17-6-2-1-3-7-17/h1-8,20,25-26H,9-15H2,(H,27,29,30). The molecule has 2 saturated heterocycles. The molecule has 2 fully saturated rings. The van der Waals surface area contributed by atoms with Crippen molar-refractivity contribution in [2.75, 3.05) is 13.1 Å². The van der Waals surface area contributed by atoms with Gasteiger partial charge in [-0.2, -0.15) is 0 Å². The van der Waals surface area contributed by atoms with Gasteiger partial charge in [0, 0.05) is 31.6 Å². The number of fused-ring (bicyclic) bond motifs is 1. The second-order valence-electron chi connectivity index (χ2n) is 8.57. The minimum atomic E-state index is -0.590. The third kappa shape index (κ3) is 3.54. The molecule has 5 rings (SSSR count). The second-order valence-corrected chi connectivity index (χ2v) is 8.57. The third-order valence-electron chi connectivity index (χ3n) is 6.78. The smallest absolute Gasteiger partial charge is 0.255 e. The van der Waals surface area contributed by atoms with E-state index in [1.807, 2.05) is 24.3 Å². The number of imide groups is 1. The molecule has 0 aromatic heterocycles. The summed E-state index contributed by atoms with van der Waals surface area (Å²) in [6, 6.07) is 15.7. The Bertz CT molecular complexity index is 1030. The van der Waals surface area contributed by atoms with Crippen molar-refractivity contribution in [3.63, 3.8) is 0 Å². The van der Waals surface area contributed by atoms with Crippen molar-refractivity contribution in [3.8, 4) is 0 Å². The minimum absolute atomic E-state index is 0.133. The Hall–Kier alpha value is -3.03. The molecule has 0 radical (unpaired) electrons. The topological polar surface area (TPSA) is 90.5 Å². The lowest BCUT2D eigenvalue weighted by molar-refractivity contribution is -0.136. The summed E-state index contributed by atoms with van der Waals surface area (Å²) in [5, 5.41) is 9.60. The molecule has 3 aliphatic heterocycles. The van der Waals surface area contributed by atoms with Crippen molar-refractivity contribution in [2.45, 2.75) is 43.9 Å². The molecule has 3 amide bonds. The van der Waals surface area contributed by atoms with E-state index in [1.54, 1.807) is 4.90 Å². The first-order chi connectivity index (χ1) is 15.1. The Kier molecular flexibility index (Phi) is 5.08. The number of nitrogens with zero attached hydrogens (tertiary/aromatic N) is 1. The molecular formula is C24H26N4O3. The first kappa shape index (κ1) is 19.9. The van der Waals surface area contributed by atoms with Gasteiger partial charge in [-0.25, -0.2) is 0 Å². The summed E-state index contributed by atoms with van der Waals surface area (Å²) < 4.78 is 0. The molecule has 2 aromatic carbocycles. The van der Waals surface area contributed by atoms with E-state index < -0.39 is 6.04 Å². The number of carbonyl (C=O) groups excluding carboxylic acids is 3. The lowest BCUT2D eigenvalue weighted by atomic mass is 9.88. The molecule has 3 N–H and O–H groups in total. The molecule has 2 aromatic rings. The van der Waals surface area contributed by atoms with Gasteiger partial charge in [0.05, 0.1) is 5.54 Å². The predicted molar refractivity (Wildman–Crippen MR) is 115 cm³/mol. The number of benzene rings is 2. The molecule has 0 bridgehead atoms. The van der Waals surface area contributed by atoms with Crippen molar-refractivity contribution >= 4 is 17.7 Å². The Labute approximate surface area is 181 Å². The van der Waals surface area contributed by atoms with Crippen molar-refractivity contribution in [1.29, 1.82) is 0 Å². The minimum Gasteiger partial charge on any atom is -0.322 e. The van der Waals surface area contributed by atoms with Crippen molar-refractivity contribution in [1.82, 2.24) is 20.9 Å². The highest BCUT2D eigenvalue weighted by Gasteiger charge is 2.40. The Morgan fingerprint density at radius 1 is 1.06 bits per heavy atom. The van der Waals surface area contributed by atoms with Crippen LogP contribution in [0.2, 0.25) is 0 Å². The van der Waals surface area contributed by atoms with Crippen LogP contribution in [0.15, 0.2) is 48.5 Å². The van der Waals surface area contributed by atoms with E-state index in [9.17, 15) is 14.4 Å². The van der Waals surface area contributed by atoms with Gasteiger partial charge in [-0.05, 0) is 42.1 Å². The Morgan fingerprint density at radius 2 is 1.90 bits per heavy atom. The summed E-state index contributed by atoms with van der Waals surface area (Å²) in [6.45, 7) is 2.84. The van der Waals surface area contributed by atoms with Crippen molar-refractivity contribution in [3.05, 3.63) is 70.8 Å². The predicted octanol–water partition coefficient (Wildman–Crippen LogP) is 1.43. The summed E-state index contributed by atoms with van der Waals surface area (Å²) in [7, 11) is 0. The maximum absolute atomic E-state index is 13.1. The van der Waals surface area contributed by atoms with E-state index in [-0.39, 0.29) is 29.7 Å². The quantitative estimate of drug-likeness (QED) is 0.639. The Balaban J connectivity index is 1.37. The van der Waals surface area contributed by atoms with Crippen molar-refractivity contribution < 1.29 is 14.4 Å². The fraction of sp³-hybridized carbons (Fsp3) is 0.375. The van der Waals surface area contributed by atoms with Gasteiger partial charge < -0.3 is 15.5 Å². The zero-order valence-electron chi connectivity index (χ0n) is 17.3. The molecule has 2 unspecified atom stereocenters. The lowest BCUT2D eigenvalue weighted by Crippen LogP contribution is -2.52. The van der Waals surface area contributed by atoms with Crippen molar-refractivity contribution in [2.24, 2.45) is 0 Å². The van der Waals surface area contributed by atoms with Crippen LogP contribution in [0.5, 0.6) is 0 Å². The van der Waals surface area contributed by atoms with E-state index >= 15 is 0 Å². The first-order valence-electron chi connectivity index (χ1n) is 10.8. The highest BCUT2D eigenvalue weighted by Crippen LogP contribution is 2.32. The SMILES string of the molecule is O=C1CCC(N2Cc3c(CNC4(c5ccccc5)CCNC4)cccc3C2=O)C(=O)N1. The molecule has 0 spiro atoms. The van der Waals surface area contributed by atoms with Gasteiger partial charge in [-0.3, -0.25) is 19.7 Å². The molecule has 7 heteroatoms. The highest BCUT2D eigenvalue weighted by atomic mass is 16.2. The van der Waals surface area contributed by atoms with Crippen LogP contribution in [0.3, 0.4) is 0 Å². The largest absolute Gasteiger partial charge is 0.322 e. The van der Waals surface area contributed by atoms with Gasteiger partial charge in [0.2, 0.25) is 11.8 Å². The van der Waals surface area contributed by atoms with E-state index in [2.05, 4.69) is 40.2 Å². The lowest BCUT2D eigenvalue weighted by Gasteiger charge is -2.31. The number of amides is 3. The van der Waals surface area contributed by atoms with Crippen LogP contribution in [0.1, 0.15) is 46.3 Å². The average molecular weight is 418 g/mol. The van der Waals surface area contributed by atoms with Crippen LogP contribution in [-0.2, 0) is 28.2 Å². The Morgan fingerprint density at radius 3 is 2.65 bits per heavy atom. The average Bonchev–Trinajstić information content (AvgIpc) is 3.39. The van der Waals surface area contributed by atoms with Crippen LogP contribution >= 0.6 is 0 Å². The van der Waals surface area contributed by atoms with E-state index in [0.29, 0.717) is 25.1 Å². The molecule has 2 atom stereocenters. The van der Waals surface area contributed by atoms with Crippen LogP contribution < -0.4 is 16.0 Å². The highest BCUT2D eigenvalue weighted by molar-refractivity contribution is 6.05. The van der Waals surface area contributed by atoms with Gasteiger partial charge in [0.1, 0.15) is 6.04 Å². The van der Waals surface area contributed by atoms with Gasteiger partial charge >= 0.3 is 0 Å². The number of hydrogen-bond acceptors (Lipinski definition) is 5. The zero-order valence-corrected chi connectivity index (χ0v) is 17.3. The second kappa shape index (κ2) is 7.90. The van der Waals surface area contributed by atoms with Gasteiger partial charge in [-0.1, -0.05) is 42.5 Å². The fourth-order valence-electron chi connectivity index (χ4n) is 5.03. The number of rotatable bonds is 5. The van der Waals surface area contributed by atoms with E-state index in [1.165, 1.54) is 5.56 Å². The molecule has 0 aliphatic carbocycles. The molecule has 0 saturated carbocycles. The summed E-state index contributed by atoms with van der Waals surface area (Å²) in [5.74, 6) is -0.782. The maximum Gasteiger partial charge on any atom is 0.255 e. The number of piperidine rings is 1. The molecule has 31 heavy (non-hydrogen) atoms. The summed E-state index contributed by atoms with van der Waals surface area (Å²) in [4.78, 5) is 38.5. The number of hydrogen-bond donors (Lipinski definition) is 3. The maximum atomic E-state index is 13.1. The van der Waals surface area contributed by atoms with E-state index in [4.69, 9.17) is 0 Å². The third-order valence-corrected chi connectivity index (χ3v) is 6.78. The summed E-state index contributed by atoms with van der Waals surface area (Å²) >= 11 is 0. The normalized spacial score (nSPS) is 25.6. The fourth-order valence-corrected chi connectivity index (χ4v) is 5.03. The summed E-state index contributed by atoms with van der Waals surface area (Å²) in [6.07, 6.45) is 1.63. The van der Waals surface area contributed by atoms with Gasteiger partial charge in [0.25, 0.3) is 5.91 Å².